The highest BCUT2D eigenvalue weighted by molar-refractivity contribution is 7.98. The molecular formula is C13H12O3S. The van der Waals surface area contributed by atoms with Crippen LogP contribution < -0.4 is 0 Å². The van der Waals surface area contributed by atoms with Crippen molar-refractivity contribution in [2.24, 2.45) is 0 Å². The van der Waals surface area contributed by atoms with E-state index in [2.05, 4.69) is 0 Å². The minimum Gasteiger partial charge on any atom is -0.508 e. The van der Waals surface area contributed by atoms with Gasteiger partial charge in [0, 0.05) is 16.7 Å². The number of thioether (sulfide) groups is 1. The summed E-state index contributed by atoms with van der Waals surface area (Å²) in [5.41, 5.74) is 0.848. The van der Waals surface area contributed by atoms with Crippen LogP contribution in [0.4, 0.5) is 0 Å². The molecule has 0 unspecified atom stereocenters. The number of hydrogen-bond acceptors (Lipinski definition) is 4. The normalized spacial score (nSPS) is 10.4. The van der Waals surface area contributed by atoms with Gasteiger partial charge in [0.1, 0.15) is 17.2 Å². The van der Waals surface area contributed by atoms with Gasteiger partial charge in [-0.15, -0.1) is 11.8 Å². The summed E-state index contributed by atoms with van der Waals surface area (Å²) >= 11 is 1.57. The Balaban J connectivity index is 2.04. The van der Waals surface area contributed by atoms with Gasteiger partial charge in [-0.2, -0.15) is 0 Å². The van der Waals surface area contributed by atoms with Gasteiger partial charge in [-0.3, -0.25) is 0 Å². The predicted molar refractivity (Wildman–Crippen MR) is 67.4 cm³/mol. The molecular weight excluding hydrogens is 236 g/mol. The van der Waals surface area contributed by atoms with Crippen LogP contribution in [0.1, 0.15) is 5.56 Å². The Hall–Kier alpha value is -1.81. The quantitative estimate of drug-likeness (QED) is 0.730. The number of hydrogen-bond donors (Lipinski definition) is 3. The van der Waals surface area contributed by atoms with Crippen molar-refractivity contribution >= 4 is 11.8 Å². The fraction of sp³-hybridized carbons (Fsp3) is 0.0769. The molecule has 0 aliphatic heterocycles. The van der Waals surface area contributed by atoms with Gasteiger partial charge in [-0.05, 0) is 42.0 Å². The Labute approximate surface area is 103 Å². The third kappa shape index (κ3) is 3.32. The second-order valence-corrected chi connectivity index (χ2v) is 4.69. The summed E-state index contributed by atoms with van der Waals surface area (Å²) in [5, 5.41) is 27.8. The maximum atomic E-state index is 9.33. The fourth-order valence-corrected chi connectivity index (χ4v) is 2.28. The molecule has 2 aromatic carbocycles. The van der Waals surface area contributed by atoms with E-state index >= 15 is 0 Å². The van der Waals surface area contributed by atoms with Crippen LogP contribution in [0.5, 0.6) is 17.2 Å². The van der Waals surface area contributed by atoms with Crippen LogP contribution in [0.15, 0.2) is 47.4 Å². The van der Waals surface area contributed by atoms with Gasteiger partial charge in [0.05, 0.1) is 0 Å². The van der Waals surface area contributed by atoms with E-state index in [1.165, 1.54) is 6.07 Å². The van der Waals surface area contributed by atoms with Gasteiger partial charge < -0.3 is 15.3 Å². The molecule has 17 heavy (non-hydrogen) atoms. The molecule has 0 saturated carbocycles. The minimum atomic E-state index is 0.0614. The van der Waals surface area contributed by atoms with Gasteiger partial charge in [-0.25, -0.2) is 0 Å². The molecule has 2 rings (SSSR count). The molecule has 0 aliphatic rings. The van der Waals surface area contributed by atoms with Crippen molar-refractivity contribution in [2.75, 3.05) is 0 Å². The van der Waals surface area contributed by atoms with E-state index in [0.29, 0.717) is 5.75 Å². The van der Waals surface area contributed by atoms with Crippen LogP contribution in [-0.4, -0.2) is 15.3 Å². The number of rotatable bonds is 3. The first-order valence-corrected chi connectivity index (χ1v) is 6.06. The Morgan fingerprint density at radius 1 is 0.765 bits per heavy atom. The van der Waals surface area contributed by atoms with Crippen LogP contribution in [0.2, 0.25) is 0 Å². The molecule has 0 bridgehead atoms. The molecule has 0 heterocycles. The average molecular weight is 248 g/mol. The van der Waals surface area contributed by atoms with Crippen molar-refractivity contribution in [2.45, 2.75) is 10.6 Å². The molecule has 88 valence electrons. The predicted octanol–water partition coefficient (Wildman–Crippen LogP) is 3.10. The third-order valence-corrected chi connectivity index (χ3v) is 3.29. The summed E-state index contributed by atoms with van der Waals surface area (Å²) in [6.07, 6.45) is 0. The summed E-state index contributed by atoms with van der Waals surface area (Å²) in [6, 6.07) is 11.4. The van der Waals surface area contributed by atoms with E-state index in [1.54, 1.807) is 36.0 Å². The molecule has 0 aliphatic carbocycles. The summed E-state index contributed by atoms with van der Waals surface area (Å²) in [5.74, 6) is 1.01. The summed E-state index contributed by atoms with van der Waals surface area (Å²) < 4.78 is 0. The summed E-state index contributed by atoms with van der Waals surface area (Å²) in [6.45, 7) is 0. The lowest BCUT2D eigenvalue weighted by Crippen LogP contribution is -1.80. The van der Waals surface area contributed by atoms with Gasteiger partial charge in [0.15, 0.2) is 0 Å². The van der Waals surface area contributed by atoms with Gasteiger partial charge >= 0.3 is 0 Å². The van der Waals surface area contributed by atoms with Gasteiger partial charge in [-0.1, -0.05) is 0 Å². The first kappa shape index (κ1) is 11.7. The van der Waals surface area contributed by atoms with Crippen LogP contribution in [0.25, 0.3) is 0 Å². The lowest BCUT2D eigenvalue weighted by Gasteiger charge is -2.04. The minimum absolute atomic E-state index is 0.0614. The molecule has 0 amide bonds. The van der Waals surface area contributed by atoms with E-state index in [9.17, 15) is 10.2 Å². The Morgan fingerprint density at radius 2 is 1.35 bits per heavy atom. The number of benzene rings is 2. The van der Waals surface area contributed by atoms with Crippen molar-refractivity contribution in [3.05, 3.63) is 48.0 Å². The highest BCUT2D eigenvalue weighted by Gasteiger charge is 2.01. The fourth-order valence-electron chi connectivity index (χ4n) is 1.45. The van der Waals surface area contributed by atoms with Crippen LogP contribution >= 0.6 is 11.8 Å². The van der Waals surface area contributed by atoms with Crippen LogP contribution in [-0.2, 0) is 5.75 Å². The second kappa shape index (κ2) is 5.01. The van der Waals surface area contributed by atoms with Gasteiger partial charge in [0.2, 0.25) is 0 Å². The Bertz CT molecular complexity index is 488. The zero-order chi connectivity index (χ0) is 12.3. The summed E-state index contributed by atoms with van der Waals surface area (Å²) in [4.78, 5) is 1.02. The average Bonchev–Trinajstić information content (AvgIpc) is 2.27. The molecule has 0 atom stereocenters. The van der Waals surface area contributed by atoms with Crippen molar-refractivity contribution in [3.63, 3.8) is 0 Å². The number of phenols is 3. The first-order chi connectivity index (χ1) is 8.13. The molecule has 0 spiro atoms. The van der Waals surface area contributed by atoms with Crippen molar-refractivity contribution in [1.82, 2.24) is 0 Å². The second-order valence-electron chi connectivity index (χ2n) is 3.64. The highest BCUT2D eigenvalue weighted by Crippen LogP contribution is 2.28. The SMILES string of the molecule is Oc1ccc(SCc2cc(O)cc(O)c2)cc1. The van der Waals surface area contributed by atoms with E-state index in [1.807, 2.05) is 12.1 Å². The molecule has 0 radical (unpaired) electrons. The monoisotopic (exact) mass is 248 g/mol. The smallest absolute Gasteiger partial charge is 0.119 e. The van der Waals surface area contributed by atoms with Crippen molar-refractivity contribution in [1.29, 1.82) is 0 Å². The number of aromatic hydroxyl groups is 3. The zero-order valence-corrected chi connectivity index (χ0v) is 9.81. The van der Waals surface area contributed by atoms with E-state index in [0.717, 1.165) is 10.5 Å². The molecule has 3 N–H and O–H groups in total. The standard InChI is InChI=1S/C13H12O3S/c14-10-1-3-13(4-2-10)17-8-9-5-11(15)7-12(16)6-9/h1-7,14-16H,8H2. The highest BCUT2D eigenvalue weighted by atomic mass is 32.2. The molecule has 0 fully saturated rings. The largest absolute Gasteiger partial charge is 0.508 e. The first-order valence-electron chi connectivity index (χ1n) is 5.07. The molecule has 3 nitrogen and oxygen atoms in total. The maximum absolute atomic E-state index is 9.33. The van der Waals surface area contributed by atoms with Crippen molar-refractivity contribution in [3.8, 4) is 17.2 Å². The molecule has 2 aromatic rings. The maximum Gasteiger partial charge on any atom is 0.119 e. The Kier molecular flexibility index (Phi) is 3.44. The lowest BCUT2D eigenvalue weighted by molar-refractivity contribution is 0.449. The Morgan fingerprint density at radius 3 is 1.94 bits per heavy atom. The lowest BCUT2D eigenvalue weighted by atomic mass is 10.2. The van der Waals surface area contributed by atoms with Gasteiger partial charge in [0.25, 0.3) is 0 Å². The molecule has 4 heteroatoms. The van der Waals surface area contributed by atoms with Crippen molar-refractivity contribution < 1.29 is 15.3 Å². The van der Waals surface area contributed by atoms with E-state index in [4.69, 9.17) is 5.11 Å². The topological polar surface area (TPSA) is 60.7 Å². The summed E-state index contributed by atoms with van der Waals surface area (Å²) in [7, 11) is 0. The number of phenolic OH excluding ortho intramolecular Hbond substituents is 3. The zero-order valence-electron chi connectivity index (χ0n) is 9.00. The molecule has 0 aromatic heterocycles. The van der Waals surface area contributed by atoms with Crippen LogP contribution in [0.3, 0.4) is 0 Å². The van der Waals surface area contributed by atoms with E-state index < -0.39 is 0 Å². The molecule has 0 saturated heterocycles. The van der Waals surface area contributed by atoms with Crippen LogP contribution in [0, 0.1) is 0 Å². The third-order valence-electron chi connectivity index (χ3n) is 2.20. The van der Waals surface area contributed by atoms with E-state index in [-0.39, 0.29) is 17.2 Å².